The number of hydrogen-bond acceptors (Lipinski definition) is 3. The fourth-order valence-electron chi connectivity index (χ4n) is 9.44. The molecule has 0 aliphatic heterocycles. The van der Waals surface area contributed by atoms with Crippen molar-refractivity contribution in [2.24, 2.45) is 0 Å². The van der Waals surface area contributed by atoms with Gasteiger partial charge in [-0.15, -0.1) is 0 Å². The maximum absolute atomic E-state index is 6.79. The normalized spacial score (nSPS) is 11.4. The van der Waals surface area contributed by atoms with E-state index in [-0.39, 0.29) is 0 Å². The number of fused-ring (bicyclic) bond motifs is 5. The highest BCUT2D eigenvalue weighted by molar-refractivity contribution is 6.14. The molecule has 0 bridgehead atoms. The molecule has 11 aromatic carbocycles. The van der Waals surface area contributed by atoms with Crippen molar-refractivity contribution in [3.8, 4) is 33.4 Å². The van der Waals surface area contributed by atoms with Crippen LogP contribution in [0.4, 0.5) is 34.1 Å². The van der Waals surface area contributed by atoms with Gasteiger partial charge in [0.25, 0.3) is 0 Å². The van der Waals surface area contributed by atoms with Gasteiger partial charge in [-0.25, -0.2) is 0 Å². The lowest BCUT2D eigenvalue weighted by atomic mass is 9.99. The molecule has 0 fully saturated rings. The monoisotopic (exact) mass is 830 g/mol. The average Bonchev–Trinajstić information content (AvgIpc) is 3.72. The van der Waals surface area contributed by atoms with Crippen LogP contribution in [-0.2, 0) is 0 Å². The van der Waals surface area contributed by atoms with Gasteiger partial charge in [-0.1, -0.05) is 170 Å². The highest BCUT2D eigenvalue weighted by Crippen LogP contribution is 2.45. The maximum Gasteiger partial charge on any atom is 0.136 e. The number of nitrogens with zero attached hydrogens (tertiary/aromatic N) is 2. The van der Waals surface area contributed by atoms with E-state index >= 15 is 0 Å². The molecule has 0 saturated heterocycles. The van der Waals surface area contributed by atoms with E-state index in [9.17, 15) is 0 Å². The number of hydrogen-bond donors (Lipinski definition) is 0. The summed E-state index contributed by atoms with van der Waals surface area (Å²) < 4.78 is 6.79. The molecule has 1 aromatic heterocycles. The molecule has 65 heavy (non-hydrogen) atoms. The molecule has 12 aromatic rings. The smallest absolute Gasteiger partial charge is 0.136 e. The summed E-state index contributed by atoms with van der Waals surface area (Å²) in [6, 6.07) is 91.2. The Morgan fingerprint density at radius 1 is 0.246 bits per heavy atom. The van der Waals surface area contributed by atoms with Crippen LogP contribution < -0.4 is 9.80 Å². The van der Waals surface area contributed by atoms with Gasteiger partial charge in [0, 0.05) is 44.6 Å². The molecule has 0 spiro atoms. The Kier molecular flexibility index (Phi) is 9.50. The van der Waals surface area contributed by atoms with Crippen LogP contribution >= 0.6 is 0 Å². The number of furan rings is 1. The summed E-state index contributed by atoms with van der Waals surface area (Å²) in [5.41, 5.74) is 15.3. The average molecular weight is 831 g/mol. The first-order valence-electron chi connectivity index (χ1n) is 22.2. The van der Waals surface area contributed by atoms with Gasteiger partial charge in [-0.3, -0.25) is 0 Å². The Bertz CT molecular complexity index is 3640. The van der Waals surface area contributed by atoms with E-state index in [0.29, 0.717) is 0 Å². The van der Waals surface area contributed by atoms with E-state index < -0.39 is 0 Å². The summed E-state index contributed by atoms with van der Waals surface area (Å²) in [6.07, 6.45) is 0. The lowest BCUT2D eigenvalue weighted by Gasteiger charge is -2.28. The van der Waals surface area contributed by atoms with E-state index in [4.69, 9.17) is 4.42 Å². The van der Waals surface area contributed by atoms with Crippen molar-refractivity contribution in [1.29, 1.82) is 0 Å². The molecule has 3 heteroatoms. The molecule has 0 unspecified atom stereocenters. The third kappa shape index (κ3) is 7.06. The van der Waals surface area contributed by atoms with Crippen molar-refractivity contribution in [1.82, 2.24) is 0 Å². The lowest BCUT2D eigenvalue weighted by Crippen LogP contribution is -2.11. The maximum atomic E-state index is 6.79. The van der Waals surface area contributed by atoms with Gasteiger partial charge in [0.05, 0.1) is 11.4 Å². The highest BCUT2D eigenvalue weighted by atomic mass is 16.3. The number of para-hydroxylation sites is 3. The quantitative estimate of drug-likeness (QED) is 0.144. The fourth-order valence-corrected chi connectivity index (χ4v) is 9.44. The zero-order valence-corrected chi connectivity index (χ0v) is 35.6. The van der Waals surface area contributed by atoms with Crippen LogP contribution in [0.15, 0.2) is 259 Å². The van der Waals surface area contributed by atoms with E-state index in [2.05, 4.69) is 265 Å². The molecule has 0 aliphatic carbocycles. The van der Waals surface area contributed by atoms with Gasteiger partial charge in [-0.05, 0) is 129 Å². The molecular formula is C62H42N2O. The summed E-state index contributed by atoms with van der Waals surface area (Å²) >= 11 is 0. The zero-order valence-electron chi connectivity index (χ0n) is 35.6. The Hall–Kier alpha value is -8.66. The predicted molar refractivity (Wildman–Crippen MR) is 274 cm³/mol. The molecule has 1 heterocycles. The van der Waals surface area contributed by atoms with Crippen LogP contribution in [0.3, 0.4) is 0 Å². The summed E-state index contributed by atoms with van der Waals surface area (Å²) in [5.74, 6) is 0. The first-order chi connectivity index (χ1) is 32.2. The molecule has 0 saturated carbocycles. The minimum atomic E-state index is 0.867. The van der Waals surface area contributed by atoms with Crippen molar-refractivity contribution in [3.63, 3.8) is 0 Å². The van der Waals surface area contributed by atoms with Crippen LogP contribution in [-0.4, -0.2) is 0 Å². The number of anilines is 6. The largest absolute Gasteiger partial charge is 0.456 e. The summed E-state index contributed by atoms with van der Waals surface area (Å²) in [4.78, 5) is 4.73. The fraction of sp³-hybridized carbons (Fsp3) is 0. The second-order valence-corrected chi connectivity index (χ2v) is 16.5. The van der Waals surface area contributed by atoms with E-state index in [0.717, 1.165) is 83.2 Å². The Labute approximate surface area is 378 Å². The van der Waals surface area contributed by atoms with Gasteiger partial charge in [-0.2, -0.15) is 0 Å². The van der Waals surface area contributed by atoms with Crippen LogP contribution in [0.5, 0.6) is 0 Å². The van der Waals surface area contributed by atoms with Gasteiger partial charge in [0.2, 0.25) is 0 Å². The molecular weight excluding hydrogens is 789 g/mol. The van der Waals surface area contributed by atoms with Crippen molar-refractivity contribution >= 4 is 77.6 Å². The number of benzene rings is 11. The van der Waals surface area contributed by atoms with Crippen molar-refractivity contribution in [2.75, 3.05) is 9.80 Å². The van der Waals surface area contributed by atoms with Crippen LogP contribution in [0, 0.1) is 0 Å². The minimum Gasteiger partial charge on any atom is -0.456 e. The third-order valence-electron chi connectivity index (χ3n) is 12.6. The van der Waals surface area contributed by atoms with Gasteiger partial charge < -0.3 is 14.2 Å². The van der Waals surface area contributed by atoms with Crippen molar-refractivity contribution < 1.29 is 4.42 Å². The molecule has 0 aliphatic rings. The van der Waals surface area contributed by atoms with Crippen molar-refractivity contribution in [2.45, 2.75) is 0 Å². The second kappa shape index (κ2) is 16.2. The SMILES string of the molecule is c1ccc(-c2ccc(N(c3ccc4cc5c(cc4c3)oc3cc4cc(N(c6ccccc6)c6ccccc6-c6ccccc6)ccc4cc35)c3ccccc3-c3ccccc3)cc2)cc1. The summed E-state index contributed by atoms with van der Waals surface area (Å²) in [7, 11) is 0. The molecule has 0 radical (unpaired) electrons. The highest BCUT2D eigenvalue weighted by Gasteiger charge is 2.20. The van der Waals surface area contributed by atoms with E-state index in [1.807, 2.05) is 0 Å². The standard InChI is InChI=1S/C62H42N2O/c1-5-17-43(18-6-1)44-29-33-52(34-30-44)64(60-28-16-14-26-56(60)46-21-9-3-10-22-46)54-36-32-48-40-58-57-39-47-31-35-53(37-49(47)41-61(57)65-62(58)42-50(48)38-54)63(51-23-11-4-12-24-51)59-27-15-13-25-55(59)45-19-7-2-8-20-45/h1-42H. The van der Waals surface area contributed by atoms with Crippen LogP contribution in [0.1, 0.15) is 0 Å². The van der Waals surface area contributed by atoms with Gasteiger partial charge >= 0.3 is 0 Å². The second-order valence-electron chi connectivity index (χ2n) is 16.5. The molecule has 12 rings (SSSR count). The number of rotatable bonds is 9. The van der Waals surface area contributed by atoms with E-state index in [1.54, 1.807) is 0 Å². The zero-order chi connectivity index (χ0) is 43.1. The van der Waals surface area contributed by atoms with Crippen molar-refractivity contribution in [3.05, 3.63) is 255 Å². The van der Waals surface area contributed by atoms with Crippen LogP contribution in [0.2, 0.25) is 0 Å². The first-order valence-corrected chi connectivity index (χ1v) is 22.2. The molecule has 0 amide bonds. The van der Waals surface area contributed by atoms with Crippen LogP contribution in [0.25, 0.3) is 76.9 Å². The molecule has 0 N–H and O–H groups in total. The Morgan fingerprint density at radius 3 is 1.09 bits per heavy atom. The third-order valence-corrected chi connectivity index (χ3v) is 12.6. The lowest BCUT2D eigenvalue weighted by molar-refractivity contribution is 0.670. The predicted octanol–water partition coefficient (Wildman–Crippen LogP) is 17.8. The van der Waals surface area contributed by atoms with Gasteiger partial charge in [0.15, 0.2) is 0 Å². The molecule has 0 atom stereocenters. The summed E-state index contributed by atoms with van der Waals surface area (Å²) in [6.45, 7) is 0. The summed E-state index contributed by atoms with van der Waals surface area (Å²) in [5, 5.41) is 6.76. The molecule has 3 nitrogen and oxygen atoms in total. The minimum absolute atomic E-state index is 0.867. The first kappa shape index (κ1) is 38.0. The topological polar surface area (TPSA) is 19.6 Å². The Balaban J connectivity index is 0.966. The van der Waals surface area contributed by atoms with E-state index in [1.165, 1.54) is 27.8 Å². The molecule has 306 valence electrons. The Morgan fingerprint density at radius 2 is 0.615 bits per heavy atom. The van der Waals surface area contributed by atoms with Gasteiger partial charge in [0.1, 0.15) is 11.2 Å².